The number of rotatable bonds is 5. The van der Waals surface area contributed by atoms with Gasteiger partial charge in [0, 0.05) is 19.0 Å². The van der Waals surface area contributed by atoms with E-state index in [9.17, 15) is 4.79 Å². The Bertz CT molecular complexity index is 460. The molecule has 2 N–H and O–H groups in total. The van der Waals surface area contributed by atoms with Crippen LogP contribution in [0, 0.1) is 0 Å². The number of nitrogens with zero attached hydrogens (tertiary/aromatic N) is 1. The first kappa shape index (κ1) is 14.9. The van der Waals surface area contributed by atoms with Gasteiger partial charge in [0.05, 0.1) is 13.2 Å². The largest absolute Gasteiger partial charge is 0.497 e. The molecule has 0 saturated carbocycles. The molecule has 1 amide bonds. The van der Waals surface area contributed by atoms with E-state index in [0.717, 1.165) is 37.1 Å². The average Bonchev–Trinajstić information content (AvgIpc) is 2.94. The second-order valence-corrected chi connectivity index (χ2v) is 5.54. The molecule has 110 valence electrons. The van der Waals surface area contributed by atoms with Gasteiger partial charge in [0.25, 0.3) is 0 Å². The Morgan fingerprint density at radius 3 is 3.05 bits per heavy atom. The zero-order valence-electron chi connectivity index (χ0n) is 12.3. The van der Waals surface area contributed by atoms with E-state index in [2.05, 4.69) is 6.07 Å². The molecule has 0 aromatic heterocycles. The molecule has 2 atom stereocenters. The van der Waals surface area contributed by atoms with Gasteiger partial charge in [0.15, 0.2) is 0 Å². The smallest absolute Gasteiger partial charge is 0.223 e. The van der Waals surface area contributed by atoms with Crippen LogP contribution < -0.4 is 10.5 Å². The molecule has 2 unspecified atom stereocenters. The summed E-state index contributed by atoms with van der Waals surface area (Å²) < 4.78 is 5.27. The topological polar surface area (TPSA) is 55.6 Å². The molecular weight excluding hydrogens is 252 g/mol. The van der Waals surface area contributed by atoms with E-state index in [-0.39, 0.29) is 18.0 Å². The number of ether oxygens (including phenoxy) is 1. The van der Waals surface area contributed by atoms with Crippen LogP contribution in [0.1, 0.15) is 44.2 Å². The van der Waals surface area contributed by atoms with Crippen molar-refractivity contribution in [1.29, 1.82) is 0 Å². The number of benzene rings is 1. The zero-order valence-corrected chi connectivity index (χ0v) is 12.3. The molecule has 1 aliphatic rings. The number of hydrogen-bond acceptors (Lipinski definition) is 3. The van der Waals surface area contributed by atoms with Crippen LogP contribution in [0.4, 0.5) is 0 Å². The van der Waals surface area contributed by atoms with Crippen molar-refractivity contribution in [1.82, 2.24) is 4.90 Å². The predicted octanol–water partition coefficient (Wildman–Crippen LogP) is 2.49. The molecule has 0 bridgehead atoms. The summed E-state index contributed by atoms with van der Waals surface area (Å²) in [5, 5.41) is 0. The molecule has 20 heavy (non-hydrogen) atoms. The number of nitrogens with two attached hydrogens (primary N) is 1. The normalized spacial score (nSPS) is 19.9. The molecule has 1 fully saturated rings. The zero-order chi connectivity index (χ0) is 14.5. The van der Waals surface area contributed by atoms with Crippen LogP contribution in [-0.4, -0.2) is 30.5 Å². The predicted molar refractivity (Wildman–Crippen MR) is 79.6 cm³/mol. The fraction of sp³-hybridized carbons (Fsp3) is 0.562. The summed E-state index contributed by atoms with van der Waals surface area (Å²) in [6.07, 6.45) is 3.38. The van der Waals surface area contributed by atoms with E-state index in [4.69, 9.17) is 10.5 Å². The average molecular weight is 276 g/mol. The molecule has 0 aliphatic carbocycles. The molecule has 4 heteroatoms. The lowest BCUT2D eigenvalue weighted by Crippen LogP contribution is -2.31. The summed E-state index contributed by atoms with van der Waals surface area (Å²) in [4.78, 5) is 14.3. The first-order chi connectivity index (χ1) is 9.61. The van der Waals surface area contributed by atoms with Crippen molar-refractivity contribution in [2.24, 2.45) is 5.73 Å². The Labute approximate surface area is 120 Å². The third kappa shape index (κ3) is 3.51. The summed E-state index contributed by atoms with van der Waals surface area (Å²) in [6.45, 7) is 2.79. The summed E-state index contributed by atoms with van der Waals surface area (Å²) in [6, 6.07) is 8.28. The molecular formula is C16H24N2O2. The minimum Gasteiger partial charge on any atom is -0.497 e. The molecule has 0 radical (unpaired) electrons. The number of carbonyl (C=O) groups excluding carboxylic acids is 1. The Hall–Kier alpha value is -1.55. The summed E-state index contributed by atoms with van der Waals surface area (Å²) in [5.41, 5.74) is 6.90. The fourth-order valence-corrected chi connectivity index (χ4v) is 2.76. The van der Waals surface area contributed by atoms with E-state index in [1.807, 2.05) is 30.0 Å². The minimum atomic E-state index is 0.0804. The van der Waals surface area contributed by atoms with Crippen LogP contribution in [0.25, 0.3) is 0 Å². The van der Waals surface area contributed by atoms with Crippen molar-refractivity contribution < 1.29 is 9.53 Å². The molecule has 1 aromatic rings. The Kier molecular flexibility index (Phi) is 5.01. The van der Waals surface area contributed by atoms with Gasteiger partial charge < -0.3 is 15.4 Å². The monoisotopic (exact) mass is 276 g/mol. The standard InChI is InChI=1S/C16H24N2O2/c1-12(17)8-9-16(19)18-10-4-7-15(18)13-5-3-6-14(11-13)20-2/h3,5-6,11-12,15H,4,7-10,17H2,1-2H3. The first-order valence-corrected chi connectivity index (χ1v) is 7.31. The van der Waals surface area contributed by atoms with Gasteiger partial charge in [-0.3, -0.25) is 4.79 Å². The van der Waals surface area contributed by atoms with Gasteiger partial charge >= 0.3 is 0 Å². The summed E-state index contributed by atoms with van der Waals surface area (Å²) in [5.74, 6) is 1.06. The highest BCUT2D eigenvalue weighted by atomic mass is 16.5. The van der Waals surface area contributed by atoms with Gasteiger partial charge in [-0.2, -0.15) is 0 Å². The molecule has 0 spiro atoms. The Balaban J connectivity index is 2.08. The lowest BCUT2D eigenvalue weighted by Gasteiger charge is -2.25. The number of amides is 1. The second-order valence-electron chi connectivity index (χ2n) is 5.54. The fourth-order valence-electron chi connectivity index (χ4n) is 2.76. The van der Waals surface area contributed by atoms with Crippen molar-refractivity contribution in [2.45, 2.75) is 44.7 Å². The quantitative estimate of drug-likeness (QED) is 0.899. The molecule has 1 heterocycles. The van der Waals surface area contributed by atoms with Crippen LogP contribution in [0.5, 0.6) is 5.75 Å². The highest BCUT2D eigenvalue weighted by Crippen LogP contribution is 2.33. The summed E-state index contributed by atoms with van der Waals surface area (Å²) >= 11 is 0. The third-order valence-electron chi connectivity index (χ3n) is 3.87. The number of carbonyl (C=O) groups is 1. The van der Waals surface area contributed by atoms with Crippen molar-refractivity contribution in [3.63, 3.8) is 0 Å². The van der Waals surface area contributed by atoms with E-state index < -0.39 is 0 Å². The molecule has 1 aliphatic heterocycles. The summed E-state index contributed by atoms with van der Waals surface area (Å²) in [7, 11) is 1.67. The van der Waals surface area contributed by atoms with Crippen molar-refractivity contribution >= 4 is 5.91 Å². The maximum atomic E-state index is 12.3. The van der Waals surface area contributed by atoms with Gasteiger partial charge in [0.1, 0.15) is 5.75 Å². The molecule has 1 aromatic carbocycles. The molecule has 1 saturated heterocycles. The maximum absolute atomic E-state index is 12.3. The highest BCUT2D eigenvalue weighted by Gasteiger charge is 2.29. The molecule has 2 rings (SSSR count). The maximum Gasteiger partial charge on any atom is 0.223 e. The lowest BCUT2D eigenvalue weighted by molar-refractivity contribution is -0.132. The lowest BCUT2D eigenvalue weighted by atomic mass is 10.0. The Morgan fingerprint density at radius 2 is 2.35 bits per heavy atom. The van der Waals surface area contributed by atoms with Crippen LogP contribution in [0.3, 0.4) is 0 Å². The number of hydrogen-bond donors (Lipinski definition) is 1. The minimum absolute atomic E-state index is 0.0804. The third-order valence-corrected chi connectivity index (χ3v) is 3.87. The van der Waals surface area contributed by atoms with Crippen molar-refractivity contribution in [3.8, 4) is 5.75 Å². The van der Waals surface area contributed by atoms with E-state index in [0.29, 0.717) is 6.42 Å². The van der Waals surface area contributed by atoms with Crippen LogP contribution in [0.15, 0.2) is 24.3 Å². The van der Waals surface area contributed by atoms with Crippen molar-refractivity contribution in [2.75, 3.05) is 13.7 Å². The van der Waals surface area contributed by atoms with Crippen LogP contribution in [0.2, 0.25) is 0 Å². The van der Waals surface area contributed by atoms with E-state index in [1.54, 1.807) is 7.11 Å². The van der Waals surface area contributed by atoms with Gasteiger partial charge in [-0.1, -0.05) is 12.1 Å². The second kappa shape index (κ2) is 6.75. The Morgan fingerprint density at radius 1 is 1.55 bits per heavy atom. The number of methoxy groups -OCH3 is 1. The van der Waals surface area contributed by atoms with E-state index >= 15 is 0 Å². The van der Waals surface area contributed by atoms with Crippen molar-refractivity contribution in [3.05, 3.63) is 29.8 Å². The van der Waals surface area contributed by atoms with Gasteiger partial charge in [-0.25, -0.2) is 0 Å². The SMILES string of the molecule is COc1cccc(C2CCCN2C(=O)CCC(C)N)c1. The molecule has 4 nitrogen and oxygen atoms in total. The van der Waals surface area contributed by atoms with Crippen LogP contribution >= 0.6 is 0 Å². The number of likely N-dealkylation sites (tertiary alicyclic amines) is 1. The highest BCUT2D eigenvalue weighted by molar-refractivity contribution is 5.77. The van der Waals surface area contributed by atoms with Gasteiger partial charge in [-0.15, -0.1) is 0 Å². The van der Waals surface area contributed by atoms with E-state index in [1.165, 1.54) is 0 Å². The van der Waals surface area contributed by atoms with Gasteiger partial charge in [0.2, 0.25) is 5.91 Å². The van der Waals surface area contributed by atoms with Crippen LogP contribution in [-0.2, 0) is 4.79 Å². The first-order valence-electron chi connectivity index (χ1n) is 7.31. The van der Waals surface area contributed by atoms with Gasteiger partial charge in [-0.05, 0) is 43.9 Å².